The van der Waals surface area contributed by atoms with Crippen LogP contribution < -0.4 is 5.73 Å². The Labute approximate surface area is 75.7 Å². The zero-order valence-electron chi connectivity index (χ0n) is 8.56. The largest absolute Gasteiger partial charge is 0.383 e. The maximum atomic E-state index is 7.27. The third-order valence-corrected chi connectivity index (χ3v) is 2.08. The molecule has 0 aliphatic carbocycles. The van der Waals surface area contributed by atoms with Crippen LogP contribution in [0.1, 0.15) is 26.7 Å². The summed E-state index contributed by atoms with van der Waals surface area (Å²) in [7, 11) is 2.17. The number of nitrogens with zero attached hydrogens (tertiary/aromatic N) is 1. The van der Waals surface area contributed by atoms with Gasteiger partial charge in [-0.15, -0.1) is 0 Å². The summed E-state index contributed by atoms with van der Waals surface area (Å²) >= 11 is 0. The Bertz CT molecular complexity index is 137. The minimum absolute atomic E-state index is 0.305. The summed E-state index contributed by atoms with van der Waals surface area (Å²) in [4.78, 5) is 0. The fourth-order valence-corrected chi connectivity index (χ4v) is 1.76. The molecule has 0 aliphatic rings. The Morgan fingerprint density at radius 2 is 1.67 bits per heavy atom. The first-order valence-electron chi connectivity index (χ1n) is 4.70. The molecule has 0 aromatic carbocycles. The third kappa shape index (κ3) is 4.34. The van der Waals surface area contributed by atoms with Gasteiger partial charge in [-0.3, -0.25) is 5.41 Å². The lowest BCUT2D eigenvalue weighted by Crippen LogP contribution is -2.50. The van der Waals surface area contributed by atoms with Crippen molar-refractivity contribution in [1.29, 1.82) is 5.41 Å². The van der Waals surface area contributed by atoms with Crippen molar-refractivity contribution in [2.24, 2.45) is 5.73 Å². The van der Waals surface area contributed by atoms with E-state index in [2.05, 4.69) is 20.9 Å². The summed E-state index contributed by atoms with van der Waals surface area (Å²) in [6, 6.07) is 0. The molecule has 12 heavy (non-hydrogen) atoms. The van der Waals surface area contributed by atoms with Crippen LogP contribution in [0.4, 0.5) is 0 Å². The molecule has 0 aromatic rings. The lowest BCUT2D eigenvalue weighted by molar-refractivity contribution is -0.901. The fraction of sp³-hybridized carbons (Fsp3) is 0.889. The van der Waals surface area contributed by atoms with Crippen LogP contribution in [0.15, 0.2) is 0 Å². The van der Waals surface area contributed by atoms with Crippen LogP contribution in [0.25, 0.3) is 0 Å². The normalized spacial score (nSPS) is 11.6. The molecule has 0 amide bonds. The molecule has 3 N–H and O–H groups in total. The van der Waals surface area contributed by atoms with Gasteiger partial charge in [-0.1, -0.05) is 13.8 Å². The van der Waals surface area contributed by atoms with Gasteiger partial charge in [0.1, 0.15) is 12.4 Å². The van der Waals surface area contributed by atoms with Crippen molar-refractivity contribution in [3.8, 4) is 0 Å². The first-order chi connectivity index (χ1) is 5.54. The molecule has 3 nitrogen and oxygen atoms in total. The van der Waals surface area contributed by atoms with E-state index in [1.165, 1.54) is 0 Å². The minimum Gasteiger partial charge on any atom is -0.383 e. The molecule has 0 fully saturated rings. The number of quaternary nitrogens is 1. The summed E-state index contributed by atoms with van der Waals surface area (Å²) in [6.07, 6.45) is 2.31. The van der Waals surface area contributed by atoms with E-state index in [0.717, 1.165) is 30.4 Å². The third-order valence-electron chi connectivity index (χ3n) is 2.08. The topological polar surface area (TPSA) is 49.9 Å². The van der Waals surface area contributed by atoms with Crippen molar-refractivity contribution in [1.82, 2.24) is 0 Å². The van der Waals surface area contributed by atoms with Crippen LogP contribution in [0.3, 0.4) is 0 Å². The maximum absolute atomic E-state index is 7.27. The van der Waals surface area contributed by atoms with Gasteiger partial charge in [0.2, 0.25) is 0 Å². The number of amidine groups is 1. The number of hydrogen-bond donors (Lipinski definition) is 2. The lowest BCUT2D eigenvalue weighted by atomic mass is 10.3. The highest BCUT2D eigenvalue weighted by molar-refractivity contribution is 5.77. The molecule has 0 atom stereocenters. The average molecular weight is 172 g/mol. The number of hydrogen-bond acceptors (Lipinski definition) is 1. The van der Waals surface area contributed by atoms with Crippen LogP contribution in [0, 0.1) is 5.41 Å². The van der Waals surface area contributed by atoms with Gasteiger partial charge in [-0.05, 0) is 12.8 Å². The van der Waals surface area contributed by atoms with Crippen molar-refractivity contribution in [3.05, 3.63) is 0 Å². The van der Waals surface area contributed by atoms with Gasteiger partial charge in [0.15, 0.2) is 0 Å². The molecule has 0 unspecified atom stereocenters. The predicted molar refractivity (Wildman–Crippen MR) is 53.3 cm³/mol. The highest BCUT2D eigenvalue weighted by atomic mass is 15.3. The molecule has 0 spiro atoms. The molecule has 0 bridgehead atoms. The lowest BCUT2D eigenvalue weighted by Gasteiger charge is -2.33. The molecule has 0 rings (SSSR count). The summed E-state index contributed by atoms with van der Waals surface area (Å²) in [5.41, 5.74) is 5.41. The summed E-state index contributed by atoms with van der Waals surface area (Å²) in [5, 5.41) is 7.27. The molecule has 0 saturated heterocycles. The van der Waals surface area contributed by atoms with Crippen molar-refractivity contribution < 1.29 is 4.48 Å². The van der Waals surface area contributed by atoms with E-state index < -0.39 is 0 Å². The first-order valence-corrected chi connectivity index (χ1v) is 4.70. The summed E-state index contributed by atoms with van der Waals surface area (Å²) in [5.74, 6) is 0.305. The van der Waals surface area contributed by atoms with Crippen molar-refractivity contribution in [2.45, 2.75) is 26.7 Å². The second-order valence-electron chi connectivity index (χ2n) is 3.75. The molecular formula is C9H22N3+. The van der Waals surface area contributed by atoms with Crippen molar-refractivity contribution in [2.75, 3.05) is 26.7 Å². The van der Waals surface area contributed by atoms with Gasteiger partial charge >= 0.3 is 0 Å². The van der Waals surface area contributed by atoms with E-state index in [-0.39, 0.29) is 0 Å². The summed E-state index contributed by atoms with van der Waals surface area (Å²) in [6.45, 7) is 7.28. The van der Waals surface area contributed by atoms with E-state index in [4.69, 9.17) is 11.1 Å². The van der Waals surface area contributed by atoms with Crippen LogP contribution in [-0.4, -0.2) is 37.0 Å². The van der Waals surface area contributed by atoms with Gasteiger partial charge in [0.05, 0.1) is 20.1 Å². The Kier molecular flexibility index (Phi) is 4.90. The second-order valence-corrected chi connectivity index (χ2v) is 3.75. The van der Waals surface area contributed by atoms with Crippen LogP contribution in [-0.2, 0) is 0 Å². The van der Waals surface area contributed by atoms with E-state index in [9.17, 15) is 0 Å². The van der Waals surface area contributed by atoms with E-state index in [1.54, 1.807) is 0 Å². The molecule has 3 heteroatoms. The predicted octanol–water partition coefficient (Wildman–Crippen LogP) is 1.19. The zero-order valence-corrected chi connectivity index (χ0v) is 8.56. The molecular weight excluding hydrogens is 150 g/mol. The minimum atomic E-state index is 0.305. The monoisotopic (exact) mass is 172 g/mol. The maximum Gasteiger partial charge on any atom is 0.147 e. The van der Waals surface area contributed by atoms with Crippen molar-refractivity contribution >= 4 is 5.84 Å². The Balaban J connectivity index is 4.07. The number of nitrogens with two attached hydrogens (primary N) is 1. The fourth-order valence-electron chi connectivity index (χ4n) is 1.76. The highest BCUT2D eigenvalue weighted by Crippen LogP contribution is 2.04. The summed E-state index contributed by atoms with van der Waals surface area (Å²) < 4.78 is 0.919. The Morgan fingerprint density at radius 3 is 1.92 bits per heavy atom. The molecule has 0 saturated carbocycles. The molecule has 0 heterocycles. The molecule has 0 aromatic heterocycles. The number of rotatable bonds is 6. The van der Waals surface area contributed by atoms with E-state index in [0.29, 0.717) is 12.4 Å². The van der Waals surface area contributed by atoms with Gasteiger partial charge in [-0.25, -0.2) is 0 Å². The van der Waals surface area contributed by atoms with Crippen molar-refractivity contribution in [3.63, 3.8) is 0 Å². The van der Waals surface area contributed by atoms with Gasteiger partial charge in [0.25, 0.3) is 0 Å². The van der Waals surface area contributed by atoms with Crippen LogP contribution in [0.2, 0.25) is 0 Å². The quantitative estimate of drug-likeness (QED) is 0.353. The molecule has 72 valence electrons. The average Bonchev–Trinajstić information content (AvgIpc) is 1.85. The standard InChI is InChI=1S/C9H22N3/c1-4-6-12(3,7-5-2)8-9(10)11/h4-8H2,1-3H3,(H3,10,11)/q+1. The van der Waals surface area contributed by atoms with E-state index >= 15 is 0 Å². The smallest absolute Gasteiger partial charge is 0.147 e. The highest BCUT2D eigenvalue weighted by Gasteiger charge is 2.19. The second kappa shape index (κ2) is 5.14. The molecule has 0 radical (unpaired) electrons. The van der Waals surface area contributed by atoms with Crippen LogP contribution >= 0.6 is 0 Å². The number of likely N-dealkylation sites (N-methyl/N-ethyl adjacent to an activating group) is 1. The van der Waals surface area contributed by atoms with Gasteiger partial charge < -0.3 is 10.2 Å². The SMILES string of the molecule is CCC[N+](C)(CCC)CC(=N)N. The zero-order chi connectivity index (χ0) is 9.61. The molecule has 0 aliphatic heterocycles. The van der Waals surface area contributed by atoms with E-state index in [1.807, 2.05) is 0 Å². The first kappa shape index (κ1) is 11.4. The van der Waals surface area contributed by atoms with Gasteiger partial charge in [0, 0.05) is 0 Å². The van der Waals surface area contributed by atoms with Crippen LogP contribution in [0.5, 0.6) is 0 Å². The van der Waals surface area contributed by atoms with Gasteiger partial charge in [-0.2, -0.15) is 0 Å². The Hall–Kier alpha value is -0.570. The Morgan fingerprint density at radius 1 is 1.25 bits per heavy atom. The number of nitrogens with one attached hydrogen (secondary N) is 1.